The second kappa shape index (κ2) is 9.56. The summed E-state index contributed by atoms with van der Waals surface area (Å²) in [6, 6.07) is 12.1. The molecular weight excluding hydrogens is 432 g/mol. The number of ether oxygens (including phenoxy) is 1. The van der Waals surface area contributed by atoms with Crippen LogP contribution in [-0.4, -0.2) is 29.9 Å². The molecule has 166 valence electrons. The maximum absolute atomic E-state index is 12.9. The van der Waals surface area contributed by atoms with E-state index in [4.69, 9.17) is 4.74 Å². The van der Waals surface area contributed by atoms with Crippen LogP contribution in [0.3, 0.4) is 0 Å². The number of anilines is 1. The van der Waals surface area contributed by atoms with Crippen molar-refractivity contribution in [1.82, 2.24) is 9.97 Å². The topological polar surface area (TPSA) is 124 Å². The number of hydrogen-bond donors (Lipinski definition) is 1. The number of nitro benzene ring substituents is 1. The third-order valence-corrected chi connectivity index (χ3v) is 5.90. The number of rotatable bonds is 9. The van der Waals surface area contributed by atoms with Gasteiger partial charge in [-0.1, -0.05) is 30.3 Å². The predicted molar refractivity (Wildman–Crippen MR) is 121 cm³/mol. The minimum absolute atomic E-state index is 0.191. The first kappa shape index (κ1) is 22.9. The molecule has 1 N–H and O–H groups in total. The average Bonchev–Trinajstić information content (AvgIpc) is 2.73. The first-order valence-electron chi connectivity index (χ1n) is 9.68. The van der Waals surface area contributed by atoms with E-state index in [1.807, 2.05) is 32.0 Å². The van der Waals surface area contributed by atoms with Crippen LogP contribution >= 0.6 is 0 Å². The summed E-state index contributed by atoms with van der Waals surface area (Å²) in [6.45, 7) is 7.81. The first-order chi connectivity index (χ1) is 15.2. The molecule has 0 fully saturated rings. The van der Waals surface area contributed by atoms with Crippen molar-refractivity contribution in [1.29, 1.82) is 0 Å². The molecule has 3 rings (SSSR count). The van der Waals surface area contributed by atoms with Gasteiger partial charge in [-0.3, -0.25) is 10.1 Å². The van der Waals surface area contributed by atoms with E-state index in [-0.39, 0.29) is 22.4 Å². The monoisotopic (exact) mass is 454 g/mol. The summed E-state index contributed by atoms with van der Waals surface area (Å²) in [4.78, 5) is 18.6. The molecule has 0 spiro atoms. The summed E-state index contributed by atoms with van der Waals surface area (Å²) in [5.74, 6) is -0.0125. The number of nitrogens with zero attached hydrogens (tertiary/aromatic N) is 3. The molecule has 0 atom stereocenters. The van der Waals surface area contributed by atoms with Crippen LogP contribution in [0, 0.1) is 24.0 Å². The Hall–Kier alpha value is -3.79. The van der Waals surface area contributed by atoms with E-state index < -0.39 is 14.9 Å². The smallest absolute Gasteiger partial charge is 0.270 e. The predicted octanol–water partition coefficient (Wildman–Crippen LogP) is 4.42. The minimum atomic E-state index is -4.18. The number of aromatic nitrogens is 2. The Balaban J connectivity index is 2.05. The van der Waals surface area contributed by atoms with Crippen LogP contribution in [0.1, 0.15) is 17.5 Å². The molecular formula is C22H22N4O5S. The molecule has 9 nitrogen and oxygen atoms in total. The van der Waals surface area contributed by atoms with Gasteiger partial charge in [0.1, 0.15) is 0 Å². The fourth-order valence-electron chi connectivity index (χ4n) is 3.08. The zero-order valence-electron chi connectivity index (χ0n) is 17.6. The Kier molecular flexibility index (Phi) is 6.84. The summed E-state index contributed by atoms with van der Waals surface area (Å²) in [5, 5.41) is 11.0. The summed E-state index contributed by atoms with van der Waals surface area (Å²) >= 11 is 0. The van der Waals surface area contributed by atoms with E-state index in [1.54, 1.807) is 12.1 Å². The number of hydrogen-bond acceptors (Lipinski definition) is 7. The highest BCUT2D eigenvalue weighted by atomic mass is 32.2. The molecule has 32 heavy (non-hydrogen) atoms. The summed E-state index contributed by atoms with van der Waals surface area (Å²) in [5.41, 5.74) is 2.88. The van der Waals surface area contributed by atoms with Gasteiger partial charge in [-0.15, -0.1) is 6.58 Å². The molecule has 10 heteroatoms. The summed E-state index contributed by atoms with van der Waals surface area (Å²) in [7, 11) is -4.18. The fourth-order valence-corrected chi connectivity index (χ4v) is 4.06. The molecule has 1 heterocycles. The average molecular weight is 455 g/mol. The van der Waals surface area contributed by atoms with Crippen molar-refractivity contribution >= 4 is 21.7 Å². The van der Waals surface area contributed by atoms with Crippen molar-refractivity contribution in [2.45, 2.75) is 25.2 Å². The molecule has 0 bridgehead atoms. The molecule has 0 saturated heterocycles. The Labute approximate surface area is 186 Å². The van der Waals surface area contributed by atoms with E-state index in [0.29, 0.717) is 18.7 Å². The SMILES string of the molecule is C=CCCOc1cc(-c2c(C)cccc2C)nc(NS(=O)(=O)c2cccc([N+](=O)[O-])c2)n1. The zero-order valence-corrected chi connectivity index (χ0v) is 18.4. The maximum atomic E-state index is 12.9. The molecule has 0 aliphatic rings. The van der Waals surface area contributed by atoms with Gasteiger partial charge in [0.25, 0.3) is 15.7 Å². The lowest BCUT2D eigenvalue weighted by Crippen LogP contribution is -2.16. The van der Waals surface area contributed by atoms with E-state index >= 15 is 0 Å². The van der Waals surface area contributed by atoms with Crippen LogP contribution in [0.4, 0.5) is 11.6 Å². The molecule has 0 aliphatic carbocycles. The van der Waals surface area contributed by atoms with Crippen LogP contribution in [0.25, 0.3) is 11.3 Å². The van der Waals surface area contributed by atoms with Crippen molar-refractivity contribution in [2.24, 2.45) is 0 Å². The van der Waals surface area contributed by atoms with E-state index in [1.165, 1.54) is 18.2 Å². The highest BCUT2D eigenvalue weighted by molar-refractivity contribution is 7.92. The number of non-ortho nitro benzene ring substituents is 1. The van der Waals surface area contributed by atoms with Crippen molar-refractivity contribution in [3.63, 3.8) is 0 Å². The highest BCUT2D eigenvalue weighted by Crippen LogP contribution is 2.29. The number of sulfonamides is 1. The van der Waals surface area contributed by atoms with E-state index in [0.717, 1.165) is 22.8 Å². The third-order valence-electron chi connectivity index (χ3n) is 4.58. The van der Waals surface area contributed by atoms with Gasteiger partial charge in [0.05, 0.1) is 22.1 Å². The van der Waals surface area contributed by atoms with Crippen molar-refractivity contribution in [2.75, 3.05) is 11.3 Å². The maximum Gasteiger partial charge on any atom is 0.270 e. The number of nitrogens with one attached hydrogen (secondary N) is 1. The molecule has 2 aromatic carbocycles. The standard InChI is InChI=1S/C22H22N4O5S/c1-4-5-12-31-20-14-19(21-15(2)8-6-9-16(21)3)23-22(24-20)25-32(29,30)18-11-7-10-17(13-18)26(27)28/h4,6-11,13-14H,1,5,12H2,2-3H3,(H,23,24,25). The van der Waals surface area contributed by atoms with Crippen LogP contribution in [0.15, 0.2) is 66.1 Å². The quantitative estimate of drug-likeness (QED) is 0.219. The Morgan fingerprint density at radius 1 is 1.12 bits per heavy atom. The normalized spacial score (nSPS) is 11.1. The van der Waals surface area contributed by atoms with Crippen LogP contribution in [-0.2, 0) is 10.0 Å². The van der Waals surface area contributed by atoms with Crippen molar-refractivity contribution in [3.05, 3.63) is 82.4 Å². The first-order valence-corrected chi connectivity index (χ1v) is 11.2. The van der Waals surface area contributed by atoms with Gasteiger partial charge < -0.3 is 4.74 Å². The molecule has 0 saturated carbocycles. The van der Waals surface area contributed by atoms with E-state index in [9.17, 15) is 18.5 Å². The zero-order chi connectivity index (χ0) is 23.3. The van der Waals surface area contributed by atoms with Gasteiger partial charge in [-0.05, 0) is 37.5 Å². The lowest BCUT2D eigenvalue weighted by molar-refractivity contribution is -0.385. The fraction of sp³-hybridized carbons (Fsp3) is 0.182. The van der Waals surface area contributed by atoms with Gasteiger partial charge in [0, 0.05) is 23.8 Å². The molecule has 0 radical (unpaired) electrons. The van der Waals surface area contributed by atoms with Crippen LogP contribution < -0.4 is 9.46 Å². The third kappa shape index (κ3) is 5.27. The Bertz CT molecular complexity index is 1250. The van der Waals surface area contributed by atoms with Gasteiger partial charge in [-0.25, -0.2) is 18.1 Å². The lowest BCUT2D eigenvalue weighted by Gasteiger charge is -2.13. The van der Waals surface area contributed by atoms with Gasteiger partial charge >= 0.3 is 0 Å². The number of nitro groups is 1. The highest BCUT2D eigenvalue weighted by Gasteiger charge is 2.21. The van der Waals surface area contributed by atoms with Crippen LogP contribution in [0.5, 0.6) is 5.88 Å². The van der Waals surface area contributed by atoms with Crippen molar-refractivity contribution in [3.8, 4) is 17.1 Å². The molecule has 0 aliphatic heterocycles. The summed E-state index contributed by atoms with van der Waals surface area (Å²) in [6.07, 6.45) is 2.27. The van der Waals surface area contributed by atoms with E-state index in [2.05, 4.69) is 21.3 Å². The molecule has 3 aromatic rings. The molecule has 0 amide bonds. The Morgan fingerprint density at radius 2 is 1.81 bits per heavy atom. The number of benzene rings is 2. The van der Waals surface area contributed by atoms with Gasteiger partial charge in [0.2, 0.25) is 11.8 Å². The molecule has 1 aromatic heterocycles. The van der Waals surface area contributed by atoms with Gasteiger partial charge in [0.15, 0.2) is 0 Å². The molecule has 0 unspecified atom stereocenters. The second-order valence-electron chi connectivity index (χ2n) is 6.97. The second-order valence-corrected chi connectivity index (χ2v) is 8.65. The Morgan fingerprint density at radius 3 is 2.47 bits per heavy atom. The largest absolute Gasteiger partial charge is 0.477 e. The summed E-state index contributed by atoms with van der Waals surface area (Å²) < 4.78 is 33.7. The van der Waals surface area contributed by atoms with Crippen LogP contribution in [0.2, 0.25) is 0 Å². The lowest BCUT2D eigenvalue weighted by atomic mass is 10.00. The minimum Gasteiger partial charge on any atom is -0.477 e. The number of aryl methyl sites for hydroxylation is 2. The van der Waals surface area contributed by atoms with Crippen molar-refractivity contribution < 1.29 is 18.1 Å². The van der Waals surface area contributed by atoms with Gasteiger partial charge in [-0.2, -0.15) is 4.98 Å².